The molecule has 1 saturated heterocycles. The number of para-hydroxylation sites is 1. The van der Waals surface area contributed by atoms with E-state index in [1.807, 2.05) is 6.92 Å². The summed E-state index contributed by atoms with van der Waals surface area (Å²) in [5, 5.41) is 11.4. The Hall–Kier alpha value is -4.13. The molecule has 0 saturated carbocycles. The van der Waals surface area contributed by atoms with Gasteiger partial charge >= 0.3 is 0 Å². The largest absolute Gasteiger partial charge is 0.507 e. The minimum absolute atomic E-state index is 0.105. The fraction of sp³-hybridized carbons (Fsp3) is 0.185. The maximum atomic E-state index is 14.1. The van der Waals surface area contributed by atoms with Gasteiger partial charge in [0.25, 0.3) is 11.7 Å². The Balaban J connectivity index is 2.02. The molecule has 6 nitrogen and oxygen atoms in total. The predicted molar refractivity (Wildman–Crippen MR) is 127 cm³/mol. The maximum Gasteiger partial charge on any atom is 0.300 e. The highest BCUT2D eigenvalue weighted by atomic mass is 19.1. The third kappa shape index (κ3) is 3.79. The van der Waals surface area contributed by atoms with Crippen molar-refractivity contribution in [3.63, 3.8) is 0 Å². The minimum Gasteiger partial charge on any atom is -0.507 e. The number of ketones is 1. The summed E-state index contributed by atoms with van der Waals surface area (Å²) >= 11 is 0. The number of Topliss-reactive ketones (excluding diaryl/α,β-unsaturated/α-hetero) is 1. The standard InChI is InChI=1S/C27H24FNO5/c1-15-13-22(34-4)16(2)12-20(15)25(30)23-24(19-10-5-6-11-21(19)33-3)29(27(32)26(23)31)18-9-7-8-17(28)14-18/h5-14,24,30H,1-4H3/b25-23+. The lowest BCUT2D eigenvalue weighted by Gasteiger charge is -2.26. The van der Waals surface area contributed by atoms with Crippen LogP contribution in [0.3, 0.4) is 0 Å². The zero-order valence-corrected chi connectivity index (χ0v) is 19.3. The SMILES string of the molecule is COc1cc(C)c(/C(O)=C2\C(=O)C(=O)N(c3cccc(F)c3)C2c2ccccc2OC)cc1C. The van der Waals surface area contributed by atoms with Crippen LogP contribution in [0, 0.1) is 19.7 Å². The van der Waals surface area contributed by atoms with Crippen LogP contribution in [0.15, 0.2) is 66.2 Å². The number of hydrogen-bond acceptors (Lipinski definition) is 5. The average molecular weight is 461 g/mol. The van der Waals surface area contributed by atoms with Gasteiger partial charge in [-0.1, -0.05) is 24.3 Å². The molecular weight excluding hydrogens is 437 g/mol. The molecule has 0 aromatic heterocycles. The summed E-state index contributed by atoms with van der Waals surface area (Å²) < 4.78 is 24.9. The lowest BCUT2D eigenvalue weighted by atomic mass is 9.92. The highest BCUT2D eigenvalue weighted by Gasteiger charge is 2.48. The van der Waals surface area contributed by atoms with Gasteiger partial charge in [-0.2, -0.15) is 0 Å². The third-order valence-corrected chi connectivity index (χ3v) is 5.96. The maximum absolute atomic E-state index is 14.1. The van der Waals surface area contributed by atoms with Crippen LogP contribution in [0.2, 0.25) is 0 Å². The number of halogens is 1. The number of nitrogens with zero attached hydrogens (tertiary/aromatic N) is 1. The highest BCUT2D eigenvalue weighted by molar-refractivity contribution is 6.51. The van der Waals surface area contributed by atoms with Crippen molar-refractivity contribution >= 4 is 23.1 Å². The Morgan fingerprint density at radius 1 is 0.912 bits per heavy atom. The second kappa shape index (κ2) is 9.02. The number of carbonyl (C=O) groups excluding carboxylic acids is 2. The first-order valence-electron chi connectivity index (χ1n) is 10.6. The number of methoxy groups -OCH3 is 2. The molecule has 0 aliphatic carbocycles. The van der Waals surface area contributed by atoms with Gasteiger partial charge in [-0.3, -0.25) is 14.5 Å². The Morgan fingerprint density at radius 2 is 1.62 bits per heavy atom. The molecular formula is C27H24FNO5. The van der Waals surface area contributed by atoms with Crippen LogP contribution in [0.5, 0.6) is 11.5 Å². The smallest absolute Gasteiger partial charge is 0.300 e. The molecule has 1 atom stereocenters. The molecule has 174 valence electrons. The summed E-state index contributed by atoms with van der Waals surface area (Å²) in [6, 6.07) is 14.8. The van der Waals surface area contributed by atoms with Crippen molar-refractivity contribution in [1.82, 2.24) is 0 Å². The predicted octanol–water partition coefficient (Wildman–Crippen LogP) is 5.09. The molecule has 7 heteroatoms. The Bertz CT molecular complexity index is 1330. The Kier molecular flexibility index (Phi) is 6.11. The molecule has 1 fully saturated rings. The van der Waals surface area contributed by atoms with E-state index < -0.39 is 23.5 Å². The number of aryl methyl sites for hydroxylation is 2. The lowest BCUT2D eigenvalue weighted by molar-refractivity contribution is -0.132. The molecule has 4 rings (SSSR count). The number of aliphatic hydroxyl groups is 1. The van der Waals surface area contributed by atoms with E-state index in [9.17, 15) is 19.1 Å². The third-order valence-electron chi connectivity index (χ3n) is 5.96. The van der Waals surface area contributed by atoms with Crippen LogP contribution in [-0.4, -0.2) is 31.0 Å². The van der Waals surface area contributed by atoms with Gasteiger partial charge in [0.2, 0.25) is 0 Å². The summed E-state index contributed by atoms with van der Waals surface area (Å²) in [5.41, 5.74) is 2.39. The molecule has 1 aliphatic rings. The number of hydrogen-bond donors (Lipinski definition) is 1. The van der Waals surface area contributed by atoms with Gasteiger partial charge in [-0.25, -0.2) is 4.39 Å². The summed E-state index contributed by atoms with van der Waals surface area (Å²) in [6.07, 6.45) is 0. The van der Waals surface area contributed by atoms with Gasteiger partial charge in [0.15, 0.2) is 0 Å². The van der Waals surface area contributed by atoms with Gasteiger partial charge in [0, 0.05) is 16.8 Å². The van der Waals surface area contributed by atoms with Crippen molar-refractivity contribution < 1.29 is 28.6 Å². The van der Waals surface area contributed by atoms with Gasteiger partial charge in [0.1, 0.15) is 23.1 Å². The van der Waals surface area contributed by atoms with E-state index in [1.165, 1.54) is 30.2 Å². The second-order valence-corrected chi connectivity index (χ2v) is 8.03. The van der Waals surface area contributed by atoms with Crippen LogP contribution in [-0.2, 0) is 9.59 Å². The summed E-state index contributed by atoms with van der Waals surface area (Å²) in [5.74, 6) is -1.56. The quantitative estimate of drug-likeness (QED) is 0.326. The number of aliphatic hydroxyl groups excluding tert-OH is 1. The van der Waals surface area contributed by atoms with E-state index in [1.54, 1.807) is 56.5 Å². The molecule has 34 heavy (non-hydrogen) atoms. The number of ether oxygens (including phenoxy) is 2. The van der Waals surface area contributed by atoms with E-state index in [-0.39, 0.29) is 17.0 Å². The molecule has 3 aromatic carbocycles. The van der Waals surface area contributed by atoms with Crippen molar-refractivity contribution in [3.8, 4) is 11.5 Å². The zero-order valence-electron chi connectivity index (χ0n) is 19.3. The van der Waals surface area contributed by atoms with Crippen LogP contribution in [0.4, 0.5) is 10.1 Å². The molecule has 3 aromatic rings. The second-order valence-electron chi connectivity index (χ2n) is 8.03. The van der Waals surface area contributed by atoms with Gasteiger partial charge in [-0.15, -0.1) is 0 Å². The molecule has 1 heterocycles. The molecule has 0 bridgehead atoms. The number of benzene rings is 3. The van der Waals surface area contributed by atoms with Crippen LogP contribution in [0.25, 0.3) is 5.76 Å². The first kappa shape index (κ1) is 23.0. The van der Waals surface area contributed by atoms with E-state index in [0.717, 1.165) is 5.56 Å². The van der Waals surface area contributed by atoms with Crippen molar-refractivity contribution in [2.24, 2.45) is 0 Å². The van der Waals surface area contributed by atoms with Crippen LogP contribution < -0.4 is 14.4 Å². The Morgan fingerprint density at radius 3 is 2.29 bits per heavy atom. The monoisotopic (exact) mass is 461 g/mol. The van der Waals surface area contributed by atoms with Crippen molar-refractivity contribution in [1.29, 1.82) is 0 Å². The number of rotatable bonds is 5. The average Bonchev–Trinajstić information content (AvgIpc) is 3.10. The topological polar surface area (TPSA) is 76.1 Å². The molecule has 0 radical (unpaired) electrons. The summed E-state index contributed by atoms with van der Waals surface area (Å²) in [7, 11) is 3.03. The van der Waals surface area contributed by atoms with Crippen LogP contribution in [0.1, 0.15) is 28.3 Å². The number of anilines is 1. The first-order chi connectivity index (χ1) is 16.3. The molecule has 1 amide bonds. The van der Waals surface area contributed by atoms with E-state index in [2.05, 4.69) is 0 Å². The summed E-state index contributed by atoms with van der Waals surface area (Å²) in [4.78, 5) is 27.8. The molecule has 0 spiro atoms. The Labute approximate surface area is 196 Å². The zero-order chi connectivity index (χ0) is 24.6. The fourth-order valence-corrected chi connectivity index (χ4v) is 4.32. The van der Waals surface area contributed by atoms with E-state index in [0.29, 0.717) is 28.2 Å². The number of amides is 1. The van der Waals surface area contributed by atoms with Crippen molar-refractivity contribution in [3.05, 3.63) is 94.3 Å². The van der Waals surface area contributed by atoms with Gasteiger partial charge in [0.05, 0.1) is 25.8 Å². The van der Waals surface area contributed by atoms with Gasteiger partial charge in [-0.05, 0) is 61.4 Å². The van der Waals surface area contributed by atoms with Crippen molar-refractivity contribution in [2.45, 2.75) is 19.9 Å². The first-order valence-corrected chi connectivity index (χ1v) is 10.6. The van der Waals surface area contributed by atoms with E-state index in [4.69, 9.17) is 9.47 Å². The van der Waals surface area contributed by atoms with E-state index >= 15 is 0 Å². The summed E-state index contributed by atoms with van der Waals surface area (Å²) in [6.45, 7) is 3.59. The minimum atomic E-state index is -1.03. The fourth-order valence-electron chi connectivity index (χ4n) is 4.32. The highest BCUT2D eigenvalue weighted by Crippen LogP contribution is 2.45. The molecule has 1 aliphatic heterocycles. The number of carbonyl (C=O) groups is 2. The van der Waals surface area contributed by atoms with Crippen LogP contribution >= 0.6 is 0 Å². The molecule has 1 N–H and O–H groups in total. The van der Waals surface area contributed by atoms with Crippen molar-refractivity contribution in [2.75, 3.05) is 19.1 Å². The normalized spacial score (nSPS) is 17.2. The van der Waals surface area contributed by atoms with Gasteiger partial charge < -0.3 is 14.6 Å². The molecule has 1 unspecified atom stereocenters. The lowest BCUT2D eigenvalue weighted by Crippen LogP contribution is -2.29.